The summed E-state index contributed by atoms with van der Waals surface area (Å²) in [5, 5.41) is 3.88. The Hall–Kier alpha value is -1.08. The van der Waals surface area contributed by atoms with Crippen LogP contribution in [0.1, 0.15) is 12.5 Å². The summed E-state index contributed by atoms with van der Waals surface area (Å²) in [6.07, 6.45) is -1.56. The molecule has 86 valence electrons. The average molecular weight is 222 g/mol. The molecule has 0 aliphatic heterocycles. The zero-order valence-corrected chi connectivity index (χ0v) is 8.25. The molecule has 1 rings (SSSR count). The molecular formula is C8H13F3N4. The molecule has 1 aromatic rings. The maximum absolute atomic E-state index is 12.3. The van der Waals surface area contributed by atoms with Gasteiger partial charge >= 0.3 is 6.18 Å². The summed E-state index contributed by atoms with van der Waals surface area (Å²) in [6.45, 7) is 2.49. The summed E-state index contributed by atoms with van der Waals surface area (Å²) in [5.74, 6) is 4.85. The predicted octanol–water partition coefficient (Wildman–Crippen LogP) is 0.840. The number of aromatic nitrogens is 2. The summed E-state index contributed by atoms with van der Waals surface area (Å²) in [7, 11) is 0. The molecule has 0 radical (unpaired) electrons. The van der Waals surface area contributed by atoms with Crippen LogP contribution in [0.4, 0.5) is 13.2 Å². The first-order valence-corrected chi connectivity index (χ1v) is 4.51. The Morgan fingerprint density at radius 2 is 2.27 bits per heavy atom. The molecule has 0 aromatic carbocycles. The van der Waals surface area contributed by atoms with Crippen LogP contribution in [0.5, 0.6) is 0 Å². The first-order chi connectivity index (χ1) is 6.97. The van der Waals surface area contributed by atoms with Crippen LogP contribution < -0.4 is 11.3 Å². The van der Waals surface area contributed by atoms with Gasteiger partial charge < -0.3 is 0 Å². The Morgan fingerprint density at radius 1 is 1.60 bits per heavy atom. The quantitative estimate of drug-likeness (QED) is 0.586. The normalized spacial score (nSPS) is 14.2. The second-order valence-electron chi connectivity index (χ2n) is 3.17. The number of nitrogens with zero attached hydrogens (tertiary/aromatic N) is 2. The summed E-state index contributed by atoms with van der Waals surface area (Å²) in [6, 6.07) is -1.73. The molecule has 1 heterocycles. The minimum atomic E-state index is -4.34. The van der Waals surface area contributed by atoms with E-state index in [4.69, 9.17) is 5.84 Å². The highest BCUT2D eigenvalue weighted by molar-refractivity contribution is 5.07. The fraction of sp³-hybridized carbons (Fsp3) is 0.625. The van der Waals surface area contributed by atoms with Crippen molar-refractivity contribution in [3.05, 3.63) is 18.0 Å². The van der Waals surface area contributed by atoms with Crippen molar-refractivity contribution in [1.29, 1.82) is 0 Å². The molecule has 15 heavy (non-hydrogen) atoms. The fourth-order valence-corrected chi connectivity index (χ4v) is 1.19. The molecule has 3 N–H and O–H groups in total. The first-order valence-electron chi connectivity index (χ1n) is 4.51. The van der Waals surface area contributed by atoms with Gasteiger partial charge in [-0.2, -0.15) is 18.3 Å². The van der Waals surface area contributed by atoms with E-state index in [1.807, 2.05) is 6.92 Å². The van der Waals surface area contributed by atoms with Gasteiger partial charge in [0, 0.05) is 19.2 Å². The van der Waals surface area contributed by atoms with Gasteiger partial charge in [0.15, 0.2) is 0 Å². The summed E-state index contributed by atoms with van der Waals surface area (Å²) in [5.41, 5.74) is 2.27. The van der Waals surface area contributed by atoms with Gasteiger partial charge in [0.05, 0.1) is 6.20 Å². The lowest BCUT2D eigenvalue weighted by Gasteiger charge is -2.18. The Balaban J connectivity index is 2.67. The molecular weight excluding hydrogens is 209 g/mol. The van der Waals surface area contributed by atoms with Crippen molar-refractivity contribution in [3.8, 4) is 0 Å². The SMILES string of the molecule is CCn1cc(CC(NN)C(F)(F)F)cn1. The van der Waals surface area contributed by atoms with Gasteiger partial charge in [-0.3, -0.25) is 10.5 Å². The Morgan fingerprint density at radius 3 is 2.67 bits per heavy atom. The van der Waals surface area contributed by atoms with Crippen molar-refractivity contribution >= 4 is 0 Å². The highest BCUT2D eigenvalue weighted by Crippen LogP contribution is 2.22. The molecule has 0 spiro atoms. The van der Waals surface area contributed by atoms with Gasteiger partial charge in [-0.1, -0.05) is 0 Å². The van der Waals surface area contributed by atoms with Crippen LogP contribution in [0.3, 0.4) is 0 Å². The van der Waals surface area contributed by atoms with Gasteiger partial charge in [-0.05, 0) is 12.5 Å². The molecule has 0 fully saturated rings. The second-order valence-corrected chi connectivity index (χ2v) is 3.17. The van der Waals surface area contributed by atoms with Crippen molar-refractivity contribution in [2.45, 2.75) is 32.1 Å². The van der Waals surface area contributed by atoms with Gasteiger partial charge in [0.25, 0.3) is 0 Å². The van der Waals surface area contributed by atoms with Crippen LogP contribution in [-0.2, 0) is 13.0 Å². The molecule has 0 saturated carbocycles. The zero-order chi connectivity index (χ0) is 11.5. The largest absolute Gasteiger partial charge is 0.405 e. The van der Waals surface area contributed by atoms with Crippen molar-refractivity contribution < 1.29 is 13.2 Å². The maximum atomic E-state index is 12.3. The number of rotatable bonds is 4. The minimum Gasteiger partial charge on any atom is -0.273 e. The molecule has 4 nitrogen and oxygen atoms in total. The predicted molar refractivity (Wildman–Crippen MR) is 48.8 cm³/mol. The van der Waals surface area contributed by atoms with E-state index in [1.165, 1.54) is 6.20 Å². The van der Waals surface area contributed by atoms with E-state index >= 15 is 0 Å². The van der Waals surface area contributed by atoms with Crippen LogP contribution in [-0.4, -0.2) is 22.0 Å². The first kappa shape index (κ1) is 12.0. The van der Waals surface area contributed by atoms with E-state index in [1.54, 1.807) is 16.3 Å². The number of nitrogens with one attached hydrogen (secondary N) is 1. The fourth-order valence-electron chi connectivity index (χ4n) is 1.19. The molecule has 0 aliphatic rings. The van der Waals surface area contributed by atoms with E-state index in [9.17, 15) is 13.2 Å². The number of hydrazine groups is 1. The molecule has 0 amide bonds. The van der Waals surface area contributed by atoms with E-state index < -0.39 is 12.2 Å². The van der Waals surface area contributed by atoms with Gasteiger partial charge in [0.1, 0.15) is 6.04 Å². The van der Waals surface area contributed by atoms with Crippen LogP contribution in [0.2, 0.25) is 0 Å². The molecule has 0 aliphatic carbocycles. The number of alkyl halides is 3. The van der Waals surface area contributed by atoms with Crippen molar-refractivity contribution in [3.63, 3.8) is 0 Å². The van der Waals surface area contributed by atoms with Gasteiger partial charge in [-0.15, -0.1) is 0 Å². The highest BCUT2D eigenvalue weighted by Gasteiger charge is 2.38. The van der Waals surface area contributed by atoms with E-state index in [0.29, 0.717) is 12.1 Å². The molecule has 1 atom stereocenters. The smallest absolute Gasteiger partial charge is 0.273 e. The third-order valence-electron chi connectivity index (χ3n) is 2.05. The van der Waals surface area contributed by atoms with Crippen LogP contribution >= 0.6 is 0 Å². The molecule has 7 heteroatoms. The monoisotopic (exact) mass is 222 g/mol. The molecule has 1 unspecified atom stereocenters. The number of hydrogen-bond acceptors (Lipinski definition) is 3. The van der Waals surface area contributed by atoms with E-state index in [-0.39, 0.29) is 6.42 Å². The van der Waals surface area contributed by atoms with E-state index in [2.05, 4.69) is 5.10 Å². The third-order valence-corrected chi connectivity index (χ3v) is 2.05. The molecule has 0 saturated heterocycles. The minimum absolute atomic E-state index is 0.208. The lowest BCUT2D eigenvalue weighted by atomic mass is 10.1. The molecule has 1 aromatic heterocycles. The Bertz CT molecular complexity index is 307. The second kappa shape index (κ2) is 4.63. The topological polar surface area (TPSA) is 55.9 Å². The number of nitrogens with two attached hydrogens (primary N) is 1. The summed E-state index contributed by atoms with van der Waals surface area (Å²) in [4.78, 5) is 0. The Kier molecular flexibility index (Phi) is 3.70. The van der Waals surface area contributed by atoms with Crippen molar-refractivity contribution in [1.82, 2.24) is 15.2 Å². The molecule has 0 bridgehead atoms. The Labute approximate surface area is 85.2 Å². The van der Waals surface area contributed by atoms with Crippen LogP contribution in [0, 0.1) is 0 Å². The number of halogens is 3. The van der Waals surface area contributed by atoms with Gasteiger partial charge in [0.2, 0.25) is 0 Å². The zero-order valence-electron chi connectivity index (χ0n) is 8.25. The van der Waals surface area contributed by atoms with Crippen LogP contribution in [0.15, 0.2) is 12.4 Å². The number of aryl methyl sites for hydroxylation is 1. The lowest BCUT2D eigenvalue weighted by molar-refractivity contribution is -0.155. The van der Waals surface area contributed by atoms with E-state index in [0.717, 1.165) is 0 Å². The standard InChI is InChI=1S/C8H13F3N4/c1-2-15-5-6(4-13-15)3-7(14-12)8(9,10)11/h4-5,7,14H,2-3,12H2,1H3. The van der Waals surface area contributed by atoms with Crippen molar-refractivity contribution in [2.24, 2.45) is 5.84 Å². The van der Waals surface area contributed by atoms with Crippen LogP contribution in [0.25, 0.3) is 0 Å². The lowest BCUT2D eigenvalue weighted by Crippen LogP contribution is -2.47. The third kappa shape index (κ3) is 3.21. The summed E-state index contributed by atoms with van der Waals surface area (Å²) >= 11 is 0. The summed E-state index contributed by atoms with van der Waals surface area (Å²) < 4.78 is 38.5. The van der Waals surface area contributed by atoms with Gasteiger partial charge in [-0.25, -0.2) is 5.43 Å². The number of hydrogen-bond donors (Lipinski definition) is 2. The van der Waals surface area contributed by atoms with Crippen molar-refractivity contribution in [2.75, 3.05) is 0 Å². The average Bonchev–Trinajstić information content (AvgIpc) is 2.59. The highest BCUT2D eigenvalue weighted by atomic mass is 19.4. The maximum Gasteiger partial charge on any atom is 0.405 e.